The van der Waals surface area contributed by atoms with Gasteiger partial charge in [-0.25, -0.2) is 0 Å². The van der Waals surface area contributed by atoms with Crippen LogP contribution in [0.3, 0.4) is 0 Å². The minimum absolute atomic E-state index is 0.133. The van der Waals surface area contributed by atoms with Crippen molar-refractivity contribution in [2.45, 2.75) is 6.54 Å². The van der Waals surface area contributed by atoms with E-state index < -0.39 is 0 Å². The summed E-state index contributed by atoms with van der Waals surface area (Å²) in [7, 11) is 0. The smallest absolute Gasteiger partial charge is 0.259 e. The SMILES string of the molecule is O=C1c2cccc(O)c2CN1c1ccc(O)cc1. The summed E-state index contributed by atoms with van der Waals surface area (Å²) < 4.78 is 0. The standard InChI is InChI=1S/C14H11NO3/c16-10-6-4-9(5-7-10)15-8-12-11(14(15)18)2-1-3-13(12)17/h1-7,16-17H,8H2. The van der Waals surface area contributed by atoms with Gasteiger partial charge in [0.2, 0.25) is 0 Å². The van der Waals surface area contributed by atoms with Crippen LogP contribution in [0.4, 0.5) is 5.69 Å². The Hall–Kier alpha value is -2.49. The van der Waals surface area contributed by atoms with Crippen molar-refractivity contribution in [2.75, 3.05) is 4.90 Å². The molecule has 3 rings (SSSR count). The molecule has 2 aromatic rings. The molecule has 90 valence electrons. The third kappa shape index (κ3) is 1.50. The second-order valence-corrected chi connectivity index (χ2v) is 4.21. The molecule has 0 unspecified atom stereocenters. The van der Waals surface area contributed by atoms with Gasteiger partial charge in [0.25, 0.3) is 5.91 Å². The zero-order valence-electron chi connectivity index (χ0n) is 9.50. The van der Waals surface area contributed by atoms with Crippen molar-refractivity contribution in [3.05, 3.63) is 53.6 Å². The highest BCUT2D eigenvalue weighted by Gasteiger charge is 2.30. The average Bonchev–Trinajstić information content (AvgIpc) is 2.70. The number of carbonyl (C=O) groups excluding carboxylic acids is 1. The molecule has 4 heteroatoms. The average molecular weight is 241 g/mol. The summed E-state index contributed by atoms with van der Waals surface area (Å²) in [6, 6.07) is 11.4. The highest BCUT2D eigenvalue weighted by molar-refractivity contribution is 6.10. The normalized spacial score (nSPS) is 13.8. The maximum Gasteiger partial charge on any atom is 0.259 e. The van der Waals surface area contributed by atoms with Crippen molar-refractivity contribution in [3.8, 4) is 11.5 Å². The second-order valence-electron chi connectivity index (χ2n) is 4.21. The van der Waals surface area contributed by atoms with E-state index in [1.165, 1.54) is 12.1 Å². The van der Waals surface area contributed by atoms with E-state index in [1.807, 2.05) is 0 Å². The quantitative estimate of drug-likeness (QED) is 0.805. The Morgan fingerprint density at radius 3 is 2.39 bits per heavy atom. The Balaban J connectivity index is 2.02. The van der Waals surface area contributed by atoms with Crippen LogP contribution in [0, 0.1) is 0 Å². The molecule has 0 aromatic heterocycles. The van der Waals surface area contributed by atoms with E-state index in [4.69, 9.17) is 0 Å². The van der Waals surface area contributed by atoms with Gasteiger partial charge in [-0.15, -0.1) is 0 Å². The molecule has 1 heterocycles. The third-order valence-corrected chi connectivity index (χ3v) is 3.10. The summed E-state index contributed by atoms with van der Waals surface area (Å²) in [6.45, 7) is 0.353. The third-order valence-electron chi connectivity index (χ3n) is 3.10. The molecule has 0 aliphatic carbocycles. The first-order valence-electron chi connectivity index (χ1n) is 5.58. The van der Waals surface area contributed by atoms with Gasteiger partial charge in [-0.2, -0.15) is 0 Å². The summed E-state index contributed by atoms with van der Waals surface area (Å²) in [6.07, 6.45) is 0. The molecule has 1 aliphatic heterocycles. The van der Waals surface area contributed by atoms with Crippen LogP contribution in [0.2, 0.25) is 0 Å². The molecule has 0 saturated carbocycles. The zero-order valence-corrected chi connectivity index (χ0v) is 9.50. The van der Waals surface area contributed by atoms with Crippen molar-refractivity contribution < 1.29 is 15.0 Å². The number of phenols is 2. The summed E-state index contributed by atoms with van der Waals surface area (Å²) in [5, 5.41) is 19.0. The number of aromatic hydroxyl groups is 2. The summed E-state index contributed by atoms with van der Waals surface area (Å²) in [4.78, 5) is 13.8. The first-order valence-corrected chi connectivity index (χ1v) is 5.58. The van der Waals surface area contributed by atoms with Gasteiger partial charge in [-0.05, 0) is 36.4 Å². The van der Waals surface area contributed by atoms with Gasteiger partial charge in [0, 0.05) is 16.8 Å². The number of phenolic OH excluding ortho intramolecular Hbond substituents is 2. The largest absolute Gasteiger partial charge is 0.508 e. The summed E-state index contributed by atoms with van der Waals surface area (Å²) in [5.41, 5.74) is 1.88. The van der Waals surface area contributed by atoms with Gasteiger partial charge in [-0.3, -0.25) is 4.79 Å². The molecule has 0 fully saturated rings. The minimum atomic E-state index is -0.133. The molecule has 0 bridgehead atoms. The van der Waals surface area contributed by atoms with Crippen LogP contribution in [0.1, 0.15) is 15.9 Å². The fraction of sp³-hybridized carbons (Fsp3) is 0.0714. The minimum Gasteiger partial charge on any atom is -0.508 e. The van der Waals surface area contributed by atoms with Gasteiger partial charge in [-0.1, -0.05) is 6.07 Å². The number of rotatable bonds is 1. The van der Waals surface area contributed by atoms with Crippen molar-refractivity contribution in [3.63, 3.8) is 0 Å². The molecule has 0 spiro atoms. The summed E-state index contributed by atoms with van der Waals surface area (Å²) >= 11 is 0. The monoisotopic (exact) mass is 241 g/mol. The number of fused-ring (bicyclic) bond motifs is 1. The lowest BCUT2D eigenvalue weighted by molar-refractivity contribution is 0.0996. The van der Waals surface area contributed by atoms with E-state index in [9.17, 15) is 15.0 Å². The molecule has 18 heavy (non-hydrogen) atoms. The van der Waals surface area contributed by atoms with Crippen molar-refractivity contribution in [1.29, 1.82) is 0 Å². The molecule has 0 saturated heterocycles. The molecule has 2 aromatic carbocycles. The van der Waals surface area contributed by atoms with Crippen molar-refractivity contribution in [2.24, 2.45) is 0 Å². The first kappa shape index (κ1) is 10.7. The lowest BCUT2D eigenvalue weighted by Gasteiger charge is -2.15. The Labute approximate surface area is 104 Å². The van der Waals surface area contributed by atoms with E-state index in [0.29, 0.717) is 23.4 Å². The number of carbonyl (C=O) groups is 1. The van der Waals surface area contributed by atoms with E-state index in [2.05, 4.69) is 0 Å². The number of hydrogen-bond acceptors (Lipinski definition) is 3. The molecule has 1 amide bonds. The highest BCUT2D eigenvalue weighted by Crippen LogP contribution is 2.33. The lowest BCUT2D eigenvalue weighted by Crippen LogP contribution is -2.22. The fourth-order valence-electron chi connectivity index (χ4n) is 2.16. The van der Waals surface area contributed by atoms with Gasteiger partial charge >= 0.3 is 0 Å². The first-order chi connectivity index (χ1) is 8.66. The van der Waals surface area contributed by atoms with Crippen LogP contribution in [-0.4, -0.2) is 16.1 Å². The number of amides is 1. The van der Waals surface area contributed by atoms with Crippen molar-refractivity contribution >= 4 is 11.6 Å². The van der Waals surface area contributed by atoms with Gasteiger partial charge in [0.05, 0.1) is 6.54 Å². The predicted octanol–water partition coefficient (Wildman–Crippen LogP) is 2.26. The maximum absolute atomic E-state index is 12.2. The number of nitrogens with zero attached hydrogens (tertiary/aromatic N) is 1. The Morgan fingerprint density at radius 1 is 1.00 bits per heavy atom. The Kier molecular flexibility index (Phi) is 2.23. The molecule has 4 nitrogen and oxygen atoms in total. The Morgan fingerprint density at radius 2 is 1.72 bits per heavy atom. The topological polar surface area (TPSA) is 60.8 Å². The number of benzene rings is 2. The number of anilines is 1. The maximum atomic E-state index is 12.2. The molecule has 2 N–H and O–H groups in total. The van der Waals surface area contributed by atoms with E-state index in [-0.39, 0.29) is 17.4 Å². The molecular weight excluding hydrogens is 230 g/mol. The van der Waals surface area contributed by atoms with E-state index in [1.54, 1.807) is 35.2 Å². The van der Waals surface area contributed by atoms with Gasteiger partial charge in [0.15, 0.2) is 0 Å². The summed E-state index contributed by atoms with van der Waals surface area (Å²) in [5.74, 6) is 0.166. The molecule has 0 atom stereocenters. The molecule has 1 aliphatic rings. The van der Waals surface area contributed by atoms with Crippen molar-refractivity contribution in [1.82, 2.24) is 0 Å². The van der Waals surface area contributed by atoms with Crippen LogP contribution in [0.25, 0.3) is 0 Å². The molecular formula is C14H11NO3. The zero-order chi connectivity index (χ0) is 12.7. The van der Waals surface area contributed by atoms with Crippen LogP contribution in [0.15, 0.2) is 42.5 Å². The van der Waals surface area contributed by atoms with Crippen LogP contribution in [0.5, 0.6) is 11.5 Å². The van der Waals surface area contributed by atoms with Gasteiger partial charge < -0.3 is 15.1 Å². The van der Waals surface area contributed by atoms with Crippen LogP contribution in [-0.2, 0) is 6.54 Å². The molecule has 0 radical (unpaired) electrons. The van der Waals surface area contributed by atoms with Crippen LogP contribution >= 0.6 is 0 Å². The Bertz CT molecular complexity index is 619. The second kappa shape index (κ2) is 3.77. The predicted molar refractivity (Wildman–Crippen MR) is 66.7 cm³/mol. The van der Waals surface area contributed by atoms with E-state index in [0.717, 1.165) is 0 Å². The van der Waals surface area contributed by atoms with E-state index >= 15 is 0 Å². The lowest BCUT2D eigenvalue weighted by atomic mass is 10.1. The van der Waals surface area contributed by atoms with Crippen LogP contribution < -0.4 is 4.90 Å². The highest BCUT2D eigenvalue weighted by atomic mass is 16.3. The fourth-order valence-corrected chi connectivity index (χ4v) is 2.16. The number of hydrogen-bond donors (Lipinski definition) is 2. The van der Waals surface area contributed by atoms with Gasteiger partial charge in [0.1, 0.15) is 11.5 Å².